The van der Waals surface area contributed by atoms with Gasteiger partial charge in [-0.15, -0.1) is 0 Å². The normalized spacial score (nSPS) is 15.3. The van der Waals surface area contributed by atoms with E-state index in [2.05, 4.69) is 0 Å². The van der Waals surface area contributed by atoms with E-state index in [9.17, 15) is 35.1 Å². The van der Waals surface area contributed by atoms with Gasteiger partial charge in [-0.2, -0.15) is 35.1 Å². The molecule has 0 amide bonds. The van der Waals surface area contributed by atoms with E-state index in [0.717, 1.165) is 0 Å². The first kappa shape index (κ1) is 17.0. The number of alkyl halides is 8. The molecular weight excluding hydrogens is 322 g/mol. The zero-order chi connectivity index (χ0) is 15.9. The molecule has 0 aliphatic rings. The van der Waals surface area contributed by atoms with Gasteiger partial charge in [0.2, 0.25) is 0 Å². The highest BCUT2D eigenvalue weighted by molar-refractivity contribution is 6.31. The zero-order valence-electron chi connectivity index (χ0n) is 9.29. The van der Waals surface area contributed by atoms with E-state index in [-0.39, 0.29) is 6.07 Å². The molecule has 0 unspecified atom stereocenters. The second kappa shape index (κ2) is 5.03. The van der Waals surface area contributed by atoms with Crippen LogP contribution in [-0.4, -0.2) is 12.1 Å². The smallest absolute Gasteiger partial charge is 0.319 e. The molecule has 0 saturated carbocycles. The summed E-state index contributed by atoms with van der Waals surface area (Å²) >= 11 is 5.35. The predicted molar refractivity (Wildman–Crippen MR) is 54.4 cm³/mol. The molecule has 0 bridgehead atoms. The molecule has 1 nitrogen and oxygen atoms in total. The molecule has 0 aromatic heterocycles. The summed E-state index contributed by atoms with van der Waals surface area (Å²) in [5.41, 5.74) is 2.19. The lowest BCUT2D eigenvalue weighted by Crippen LogP contribution is -2.46. The Balaban J connectivity index is 3.33. The Morgan fingerprint density at radius 1 is 0.950 bits per heavy atom. The van der Waals surface area contributed by atoms with E-state index in [1.807, 2.05) is 0 Å². The van der Waals surface area contributed by atoms with E-state index < -0.39 is 40.5 Å². The lowest BCUT2D eigenvalue weighted by atomic mass is 9.98. The molecule has 1 aromatic rings. The molecule has 0 aliphatic carbocycles. The van der Waals surface area contributed by atoms with Crippen molar-refractivity contribution in [3.8, 4) is 0 Å². The Bertz CT molecular complexity index is 493. The highest BCUT2D eigenvalue weighted by atomic mass is 35.5. The molecule has 1 atom stereocenters. The van der Waals surface area contributed by atoms with Crippen molar-refractivity contribution in [1.29, 1.82) is 0 Å². The van der Waals surface area contributed by atoms with Crippen LogP contribution in [0.25, 0.3) is 0 Å². The lowest BCUT2D eigenvalue weighted by Gasteiger charge is -2.27. The van der Waals surface area contributed by atoms with Gasteiger partial charge in [-0.3, -0.25) is 0 Å². The summed E-state index contributed by atoms with van der Waals surface area (Å²) in [7, 11) is 0. The molecule has 114 valence electrons. The van der Waals surface area contributed by atoms with Gasteiger partial charge in [0.05, 0.1) is 5.56 Å². The van der Waals surface area contributed by atoms with Crippen molar-refractivity contribution in [2.75, 3.05) is 0 Å². The highest BCUT2D eigenvalue weighted by Gasteiger charge is 2.62. The third kappa shape index (κ3) is 3.14. The standard InChI is InChI=1S/C10H6ClF8N/c11-6-2-1-4(9(14,15)16)3-5(6)7(20)8(12,13)10(17,18)19/h1-3,7H,20H2/t7-/m1/s1. The van der Waals surface area contributed by atoms with Crippen LogP contribution in [0.5, 0.6) is 0 Å². The van der Waals surface area contributed by atoms with E-state index in [4.69, 9.17) is 17.3 Å². The van der Waals surface area contributed by atoms with Crippen molar-refractivity contribution < 1.29 is 35.1 Å². The third-order valence-electron chi connectivity index (χ3n) is 2.43. The maximum Gasteiger partial charge on any atom is 0.455 e. The Labute approximate surface area is 112 Å². The summed E-state index contributed by atoms with van der Waals surface area (Å²) in [4.78, 5) is 0. The van der Waals surface area contributed by atoms with Crippen LogP contribution < -0.4 is 5.73 Å². The van der Waals surface area contributed by atoms with E-state index in [1.165, 1.54) is 0 Å². The molecule has 0 saturated heterocycles. The Morgan fingerprint density at radius 3 is 1.85 bits per heavy atom. The van der Waals surface area contributed by atoms with Crippen LogP contribution in [0.15, 0.2) is 18.2 Å². The fourth-order valence-corrected chi connectivity index (χ4v) is 1.57. The van der Waals surface area contributed by atoms with Crippen molar-refractivity contribution in [3.63, 3.8) is 0 Å². The quantitative estimate of drug-likeness (QED) is 0.792. The molecule has 2 N–H and O–H groups in total. The van der Waals surface area contributed by atoms with Gasteiger partial charge in [0.15, 0.2) is 0 Å². The molecule has 10 heteroatoms. The van der Waals surface area contributed by atoms with Gasteiger partial charge in [-0.25, -0.2) is 0 Å². The monoisotopic (exact) mass is 327 g/mol. The van der Waals surface area contributed by atoms with Gasteiger partial charge in [0.1, 0.15) is 6.04 Å². The van der Waals surface area contributed by atoms with Crippen LogP contribution >= 0.6 is 11.6 Å². The average molecular weight is 328 g/mol. The van der Waals surface area contributed by atoms with Gasteiger partial charge >= 0.3 is 18.3 Å². The number of hydrogen-bond donors (Lipinski definition) is 1. The number of nitrogens with two attached hydrogens (primary N) is 1. The van der Waals surface area contributed by atoms with Gasteiger partial charge in [0, 0.05) is 5.02 Å². The Hall–Kier alpha value is -1.09. The zero-order valence-corrected chi connectivity index (χ0v) is 10.0. The van der Waals surface area contributed by atoms with Crippen molar-refractivity contribution in [2.45, 2.75) is 24.3 Å². The lowest BCUT2D eigenvalue weighted by molar-refractivity contribution is -0.291. The molecule has 0 spiro atoms. The SMILES string of the molecule is N[C@H](c1cc(C(F)(F)F)ccc1Cl)C(F)(F)C(F)(F)F. The summed E-state index contributed by atoms with van der Waals surface area (Å²) in [6.45, 7) is 0. The van der Waals surface area contributed by atoms with Crippen LogP contribution in [0.1, 0.15) is 17.2 Å². The number of benzene rings is 1. The largest absolute Gasteiger partial charge is 0.455 e. The van der Waals surface area contributed by atoms with E-state index >= 15 is 0 Å². The topological polar surface area (TPSA) is 26.0 Å². The van der Waals surface area contributed by atoms with Gasteiger partial charge < -0.3 is 5.73 Å². The van der Waals surface area contributed by atoms with Crippen LogP contribution in [0.4, 0.5) is 35.1 Å². The van der Waals surface area contributed by atoms with E-state index in [1.54, 1.807) is 0 Å². The Kier molecular flexibility index (Phi) is 4.27. The summed E-state index contributed by atoms with van der Waals surface area (Å²) in [6.07, 6.45) is -10.9. The highest BCUT2D eigenvalue weighted by Crippen LogP contribution is 2.45. The molecule has 0 aliphatic heterocycles. The summed E-state index contributed by atoms with van der Waals surface area (Å²) in [5, 5.41) is -0.713. The first-order valence-corrected chi connectivity index (χ1v) is 5.23. The number of hydrogen-bond acceptors (Lipinski definition) is 1. The molecule has 0 fully saturated rings. The van der Waals surface area contributed by atoms with E-state index in [0.29, 0.717) is 12.1 Å². The van der Waals surface area contributed by atoms with Crippen LogP contribution in [0.2, 0.25) is 5.02 Å². The minimum absolute atomic E-state index is 0.0760. The molecule has 1 aromatic carbocycles. The number of halogens is 9. The fraction of sp³-hybridized carbons (Fsp3) is 0.400. The minimum atomic E-state index is -6.01. The first-order valence-electron chi connectivity index (χ1n) is 4.85. The van der Waals surface area contributed by atoms with Crippen molar-refractivity contribution in [2.24, 2.45) is 5.73 Å². The molecule has 1 rings (SSSR count). The summed E-state index contributed by atoms with van der Waals surface area (Å²) in [5.74, 6) is -5.42. The molecule has 0 heterocycles. The second-order valence-corrected chi connectivity index (χ2v) is 4.24. The van der Waals surface area contributed by atoms with Gasteiger partial charge in [-0.05, 0) is 23.8 Å². The third-order valence-corrected chi connectivity index (χ3v) is 2.77. The Morgan fingerprint density at radius 2 is 1.45 bits per heavy atom. The fourth-order valence-electron chi connectivity index (χ4n) is 1.33. The average Bonchev–Trinajstić information content (AvgIpc) is 2.25. The van der Waals surface area contributed by atoms with Crippen LogP contribution in [0.3, 0.4) is 0 Å². The first-order chi connectivity index (χ1) is 8.78. The minimum Gasteiger partial charge on any atom is -0.319 e. The van der Waals surface area contributed by atoms with Crippen molar-refractivity contribution in [3.05, 3.63) is 34.3 Å². The molecular formula is C10H6ClF8N. The predicted octanol–water partition coefficient (Wildman–Crippen LogP) is 4.56. The second-order valence-electron chi connectivity index (χ2n) is 3.83. The van der Waals surface area contributed by atoms with Crippen LogP contribution in [-0.2, 0) is 6.18 Å². The molecule has 20 heavy (non-hydrogen) atoms. The van der Waals surface area contributed by atoms with Gasteiger partial charge in [-0.1, -0.05) is 11.6 Å². The molecule has 0 radical (unpaired) electrons. The maximum atomic E-state index is 13.0. The summed E-state index contributed by atoms with van der Waals surface area (Å²) < 4.78 is 99.7. The van der Waals surface area contributed by atoms with Crippen molar-refractivity contribution >= 4 is 11.6 Å². The van der Waals surface area contributed by atoms with Gasteiger partial charge in [0.25, 0.3) is 0 Å². The van der Waals surface area contributed by atoms with Crippen LogP contribution in [0, 0.1) is 0 Å². The van der Waals surface area contributed by atoms with Crippen molar-refractivity contribution in [1.82, 2.24) is 0 Å². The maximum absolute atomic E-state index is 13.0. The summed E-state index contributed by atoms with van der Waals surface area (Å²) in [6, 6.07) is -1.96. The number of rotatable bonds is 2.